The summed E-state index contributed by atoms with van der Waals surface area (Å²) >= 11 is 0. The van der Waals surface area contributed by atoms with Crippen molar-refractivity contribution in [2.24, 2.45) is 5.41 Å². The van der Waals surface area contributed by atoms with Gasteiger partial charge in [-0.05, 0) is 62.4 Å². The van der Waals surface area contributed by atoms with Crippen LogP contribution in [0.5, 0.6) is 11.5 Å². The van der Waals surface area contributed by atoms with Gasteiger partial charge in [-0.2, -0.15) is 0 Å². The first-order valence-electron chi connectivity index (χ1n) is 10.4. The molecule has 0 bridgehead atoms. The van der Waals surface area contributed by atoms with Crippen molar-refractivity contribution >= 4 is 5.97 Å². The van der Waals surface area contributed by atoms with Crippen LogP contribution in [0.4, 0.5) is 0 Å². The first kappa shape index (κ1) is 21.2. The molecule has 0 radical (unpaired) electrons. The molecular formula is C24H31NO4. The van der Waals surface area contributed by atoms with Gasteiger partial charge >= 0.3 is 5.97 Å². The number of aryl methyl sites for hydroxylation is 1. The lowest BCUT2D eigenvalue weighted by atomic mass is 9.75. The largest absolute Gasteiger partial charge is 0.504 e. The van der Waals surface area contributed by atoms with E-state index in [9.17, 15) is 9.90 Å². The average Bonchev–Trinajstić information content (AvgIpc) is 2.74. The van der Waals surface area contributed by atoms with Gasteiger partial charge in [0.15, 0.2) is 11.5 Å². The number of ether oxygens (including phenoxy) is 2. The van der Waals surface area contributed by atoms with Crippen molar-refractivity contribution in [3.63, 3.8) is 0 Å². The number of hydrogen-bond donors (Lipinski definition) is 1. The van der Waals surface area contributed by atoms with E-state index in [1.54, 1.807) is 19.2 Å². The number of carbonyl (C=O) groups excluding carboxylic acids is 1. The number of piperidine rings is 1. The monoisotopic (exact) mass is 397 g/mol. The predicted molar refractivity (Wildman–Crippen MR) is 113 cm³/mol. The van der Waals surface area contributed by atoms with Crippen LogP contribution in [0.1, 0.15) is 37.3 Å². The van der Waals surface area contributed by atoms with Crippen LogP contribution in [0.25, 0.3) is 0 Å². The molecule has 1 fully saturated rings. The van der Waals surface area contributed by atoms with Gasteiger partial charge in [0.1, 0.15) is 0 Å². The molecule has 0 saturated carbocycles. The standard InChI is InChI=1S/C24H31NO4/c1-3-29-23(27)24(14-12-19-8-5-4-6-9-19)13-7-15-25(18-24)17-20-10-11-22(28-2)21(26)16-20/h4-6,8-11,16,26H,3,7,12-15,17-18H2,1-2H3. The summed E-state index contributed by atoms with van der Waals surface area (Å²) in [6, 6.07) is 15.8. The third kappa shape index (κ3) is 5.30. The van der Waals surface area contributed by atoms with Crippen molar-refractivity contribution < 1.29 is 19.4 Å². The maximum Gasteiger partial charge on any atom is 0.313 e. The summed E-state index contributed by atoms with van der Waals surface area (Å²) in [4.78, 5) is 15.3. The van der Waals surface area contributed by atoms with E-state index in [2.05, 4.69) is 17.0 Å². The van der Waals surface area contributed by atoms with Crippen LogP contribution in [-0.2, 0) is 22.5 Å². The second-order valence-corrected chi connectivity index (χ2v) is 7.81. The molecule has 0 aromatic heterocycles. The Kier molecular flexibility index (Phi) is 7.15. The third-order valence-corrected chi connectivity index (χ3v) is 5.75. The molecule has 1 atom stereocenters. The highest BCUT2D eigenvalue weighted by molar-refractivity contribution is 5.77. The number of hydrogen-bond acceptors (Lipinski definition) is 5. The highest BCUT2D eigenvalue weighted by Crippen LogP contribution is 2.37. The molecule has 5 heteroatoms. The van der Waals surface area contributed by atoms with Gasteiger partial charge in [0, 0.05) is 13.1 Å². The van der Waals surface area contributed by atoms with E-state index in [0.29, 0.717) is 25.4 Å². The fraction of sp³-hybridized carbons (Fsp3) is 0.458. The fourth-order valence-electron chi connectivity index (χ4n) is 4.24. The number of likely N-dealkylation sites (tertiary alicyclic amines) is 1. The highest BCUT2D eigenvalue weighted by Gasteiger charge is 2.43. The molecule has 1 aliphatic heterocycles. The van der Waals surface area contributed by atoms with Crippen LogP contribution in [0.15, 0.2) is 48.5 Å². The van der Waals surface area contributed by atoms with Gasteiger partial charge in [0.25, 0.3) is 0 Å². The van der Waals surface area contributed by atoms with E-state index in [0.717, 1.165) is 37.8 Å². The summed E-state index contributed by atoms with van der Waals surface area (Å²) in [5.74, 6) is 0.525. The minimum absolute atomic E-state index is 0.0850. The molecule has 0 spiro atoms. The molecule has 1 aliphatic rings. The zero-order valence-electron chi connectivity index (χ0n) is 17.4. The average molecular weight is 398 g/mol. The van der Waals surface area contributed by atoms with Crippen LogP contribution in [0.2, 0.25) is 0 Å². The lowest BCUT2D eigenvalue weighted by molar-refractivity contribution is -0.160. The van der Waals surface area contributed by atoms with Crippen LogP contribution in [0.3, 0.4) is 0 Å². The number of carbonyl (C=O) groups is 1. The van der Waals surface area contributed by atoms with E-state index in [4.69, 9.17) is 9.47 Å². The van der Waals surface area contributed by atoms with E-state index >= 15 is 0 Å². The minimum atomic E-state index is -0.487. The van der Waals surface area contributed by atoms with Crippen LogP contribution in [-0.4, -0.2) is 42.8 Å². The number of esters is 1. The molecule has 1 heterocycles. The van der Waals surface area contributed by atoms with Gasteiger partial charge < -0.3 is 14.6 Å². The van der Waals surface area contributed by atoms with Gasteiger partial charge in [-0.25, -0.2) is 0 Å². The third-order valence-electron chi connectivity index (χ3n) is 5.75. The van der Waals surface area contributed by atoms with Crippen molar-refractivity contribution in [2.45, 2.75) is 39.2 Å². The summed E-state index contributed by atoms with van der Waals surface area (Å²) in [5.41, 5.74) is 1.76. The van der Waals surface area contributed by atoms with Crippen molar-refractivity contribution in [2.75, 3.05) is 26.8 Å². The fourth-order valence-corrected chi connectivity index (χ4v) is 4.24. The first-order valence-corrected chi connectivity index (χ1v) is 10.4. The minimum Gasteiger partial charge on any atom is -0.504 e. The molecule has 1 N–H and O–H groups in total. The molecule has 5 nitrogen and oxygen atoms in total. The Balaban J connectivity index is 1.74. The predicted octanol–water partition coefficient (Wildman–Crippen LogP) is 4.18. The molecule has 3 rings (SSSR count). The Morgan fingerprint density at radius 3 is 2.66 bits per heavy atom. The number of aromatic hydroxyl groups is 1. The van der Waals surface area contributed by atoms with Crippen molar-refractivity contribution in [3.05, 3.63) is 59.7 Å². The molecule has 2 aromatic rings. The Hall–Kier alpha value is -2.53. The van der Waals surface area contributed by atoms with Gasteiger partial charge in [0.05, 0.1) is 19.1 Å². The second kappa shape index (κ2) is 9.79. The molecule has 29 heavy (non-hydrogen) atoms. The van der Waals surface area contributed by atoms with Crippen LogP contribution in [0, 0.1) is 5.41 Å². The van der Waals surface area contributed by atoms with E-state index < -0.39 is 5.41 Å². The summed E-state index contributed by atoms with van der Waals surface area (Å²) in [6.07, 6.45) is 3.44. The lowest BCUT2D eigenvalue weighted by Crippen LogP contribution is -2.48. The maximum absolute atomic E-state index is 13.0. The molecule has 0 amide bonds. The van der Waals surface area contributed by atoms with Crippen molar-refractivity contribution in [1.29, 1.82) is 0 Å². The van der Waals surface area contributed by atoms with Gasteiger partial charge in [0.2, 0.25) is 0 Å². The molecule has 156 valence electrons. The summed E-state index contributed by atoms with van der Waals surface area (Å²) < 4.78 is 10.6. The number of rotatable bonds is 8. The van der Waals surface area contributed by atoms with E-state index in [1.807, 2.05) is 31.2 Å². The molecular weight excluding hydrogens is 366 g/mol. The SMILES string of the molecule is CCOC(=O)C1(CCc2ccccc2)CCCN(Cc2ccc(OC)c(O)c2)C1. The van der Waals surface area contributed by atoms with Crippen molar-refractivity contribution in [1.82, 2.24) is 4.90 Å². The van der Waals surface area contributed by atoms with E-state index in [-0.39, 0.29) is 11.7 Å². The topological polar surface area (TPSA) is 59.0 Å². The Morgan fingerprint density at radius 2 is 1.97 bits per heavy atom. The smallest absolute Gasteiger partial charge is 0.313 e. The normalized spacial score (nSPS) is 19.7. The zero-order valence-corrected chi connectivity index (χ0v) is 17.4. The van der Waals surface area contributed by atoms with E-state index in [1.165, 1.54) is 5.56 Å². The number of methoxy groups -OCH3 is 1. The number of phenols is 1. The maximum atomic E-state index is 13.0. The van der Waals surface area contributed by atoms with Crippen molar-refractivity contribution in [3.8, 4) is 11.5 Å². The van der Waals surface area contributed by atoms with Gasteiger partial charge in [-0.3, -0.25) is 9.69 Å². The highest BCUT2D eigenvalue weighted by atomic mass is 16.5. The number of phenolic OH excluding ortho intramolecular Hbond substituents is 1. The quantitative estimate of drug-likeness (QED) is 0.677. The lowest BCUT2D eigenvalue weighted by Gasteiger charge is -2.41. The Morgan fingerprint density at radius 1 is 1.17 bits per heavy atom. The molecule has 1 saturated heterocycles. The van der Waals surface area contributed by atoms with Gasteiger partial charge in [-0.1, -0.05) is 36.4 Å². The van der Waals surface area contributed by atoms with Gasteiger partial charge in [-0.15, -0.1) is 0 Å². The van der Waals surface area contributed by atoms with Crippen LogP contribution >= 0.6 is 0 Å². The number of benzene rings is 2. The van der Waals surface area contributed by atoms with Crippen LogP contribution < -0.4 is 4.74 Å². The first-order chi connectivity index (χ1) is 14.1. The molecule has 0 aliphatic carbocycles. The summed E-state index contributed by atoms with van der Waals surface area (Å²) in [7, 11) is 1.54. The Labute approximate surface area is 173 Å². The molecule has 2 aromatic carbocycles. The number of nitrogens with zero attached hydrogens (tertiary/aromatic N) is 1. The molecule has 1 unspecified atom stereocenters. The summed E-state index contributed by atoms with van der Waals surface area (Å²) in [6.45, 7) is 4.55. The Bertz CT molecular complexity index is 808. The summed E-state index contributed by atoms with van der Waals surface area (Å²) in [5, 5.41) is 10.1. The zero-order chi connectivity index (χ0) is 20.7. The second-order valence-electron chi connectivity index (χ2n) is 7.81.